The lowest BCUT2D eigenvalue weighted by molar-refractivity contribution is -0.149. The first-order valence-corrected chi connectivity index (χ1v) is 28.2. The van der Waals surface area contributed by atoms with Crippen LogP contribution in [-0.4, -0.2) is 58.1 Å². The van der Waals surface area contributed by atoms with Crippen LogP contribution in [0.1, 0.15) is 175 Å². The summed E-state index contributed by atoms with van der Waals surface area (Å²) >= 11 is 13.6. The first-order chi connectivity index (χ1) is 36.2. The van der Waals surface area contributed by atoms with Crippen LogP contribution in [-0.2, 0) is 28.5 Å². The van der Waals surface area contributed by atoms with Gasteiger partial charge in [-0.25, -0.2) is 29.1 Å². The van der Waals surface area contributed by atoms with Crippen molar-refractivity contribution < 1.29 is 56.5 Å². The molecule has 398 valence electrons. The zero-order valence-corrected chi connectivity index (χ0v) is 48.3. The summed E-state index contributed by atoms with van der Waals surface area (Å²) in [5.41, 5.74) is 0.602. The molecule has 0 amide bonds. The lowest BCUT2D eigenvalue weighted by atomic mass is 9.99. The lowest BCUT2D eigenvalue weighted by Gasteiger charge is -2.32. The maximum atomic E-state index is 14.2. The molecule has 0 spiro atoms. The van der Waals surface area contributed by atoms with Crippen LogP contribution < -0.4 is 0 Å². The summed E-state index contributed by atoms with van der Waals surface area (Å²) in [6, 6.07) is 25.6. The van der Waals surface area contributed by atoms with E-state index in [1.807, 2.05) is 0 Å². The molecule has 75 heavy (non-hydrogen) atoms. The molecule has 0 fully saturated rings. The summed E-state index contributed by atoms with van der Waals surface area (Å²) in [7, 11) is 0. The highest BCUT2D eigenvalue weighted by atomic mass is 79.9. The molecule has 6 rings (SSSR count). The molecule has 14 nitrogen and oxygen atoms in total. The van der Waals surface area contributed by atoms with Gasteiger partial charge in [-0.1, -0.05) is 142 Å². The molecule has 4 aromatic carbocycles. The van der Waals surface area contributed by atoms with Crippen molar-refractivity contribution in [3.63, 3.8) is 0 Å². The molecule has 2 aromatic heterocycles. The van der Waals surface area contributed by atoms with E-state index in [4.69, 9.17) is 37.5 Å². The molecule has 18 heteroatoms. The van der Waals surface area contributed by atoms with Crippen LogP contribution in [0, 0.1) is 5.92 Å². The van der Waals surface area contributed by atoms with Crippen molar-refractivity contribution in [3.05, 3.63) is 173 Å². The summed E-state index contributed by atoms with van der Waals surface area (Å²) in [5.74, 6) is -3.00. The number of aromatic nitrogens is 2. The molecule has 1 unspecified atom stereocenters. The van der Waals surface area contributed by atoms with E-state index in [1.165, 1.54) is 95.0 Å². The van der Waals surface area contributed by atoms with E-state index in [2.05, 4.69) is 82.6 Å². The third kappa shape index (κ3) is 19.0. The van der Waals surface area contributed by atoms with Crippen molar-refractivity contribution >= 4 is 93.6 Å². The summed E-state index contributed by atoms with van der Waals surface area (Å²) in [6.45, 7) is 6.04. The molecular formula is C57H60Br4N2O12. The quantitative estimate of drug-likeness (QED) is 0.0245. The van der Waals surface area contributed by atoms with Gasteiger partial charge < -0.3 is 32.5 Å². The van der Waals surface area contributed by atoms with Gasteiger partial charge in [-0.3, -0.25) is 4.79 Å². The zero-order chi connectivity index (χ0) is 53.7. The van der Waals surface area contributed by atoms with Gasteiger partial charge in [0.2, 0.25) is 12.0 Å². The highest BCUT2D eigenvalue weighted by molar-refractivity contribution is 9.11. The number of ether oxygens (including phenoxy) is 5. The molecule has 0 saturated carbocycles. The van der Waals surface area contributed by atoms with Gasteiger partial charge >= 0.3 is 29.8 Å². The van der Waals surface area contributed by atoms with E-state index in [0.29, 0.717) is 19.8 Å². The number of benzene rings is 4. The second kappa shape index (κ2) is 30.3. The lowest BCUT2D eigenvalue weighted by Crippen LogP contribution is -2.45. The van der Waals surface area contributed by atoms with Crippen molar-refractivity contribution in [2.24, 2.45) is 5.92 Å². The molecule has 0 bridgehead atoms. The van der Waals surface area contributed by atoms with Crippen molar-refractivity contribution in [2.45, 2.75) is 135 Å². The minimum absolute atomic E-state index is 0.00580. The Kier molecular flexibility index (Phi) is 23.8. The number of nitrogens with zero attached hydrogens (tertiary/aromatic N) is 2. The fourth-order valence-electron chi connectivity index (χ4n) is 7.95. The largest absolute Gasteiger partial charge is 0.455 e. The van der Waals surface area contributed by atoms with Gasteiger partial charge in [0.1, 0.15) is 24.2 Å². The zero-order valence-electron chi connectivity index (χ0n) is 41.9. The second-order valence-electron chi connectivity index (χ2n) is 18.2. The summed E-state index contributed by atoms with van der Waals surface area (Å²) in [6.07, 6.45) is 8.65. The van der Waals surface area contributed by atoms with Crippen molar-refractivity contribution in [1.29, 1.82) is 0 Å². The second-order valence-corrected chi connectivity index (χ2v) is 21.9. The number of carbonyl (C=O) groups is 5. The first-order valence-electron chi connectivity index (χ1n) is 25.1. The highest BCUT2D eigenvalue weighted by Gasteiger charge is 2.41. The van der Waals surface area contributed by atoms with E-state index < -0.39 is 66.8 Å². The minimum Gasteiger partial charge on any atom is -0.455 e. The van der Waals surface area contributed by atoms with E-state index in [0.717, 1.165) is 29.7 Å². The molecule has 0 radical (unpaired) electrons. The summed E-state index contributed by atoms with van der Waals surface area (Å²) in [5, 5.41) is 0. The van der Waals surface area contributed by atoms with E-state index >= 15 is 0 Å². The Bertz CT molecular complexity index is 2730. The standard InChI is InChI=1S/C57H60Br4N2O12/c1-4-36(2)14-12-10-8-6-5-7-9-11-13-15-50(64)74-52(49-33-62-35-70-49)53-63-46(34-69-53)47(72-55(66)39-18-26-43(59)27-19-39)32-48(73-56(67)40-20-28-44(60)29-21-40)51(75-57(68)41-22-30-45(61)31-23-41)37(3)71-54(65)38-16-24-42(58)25-17-38/h16-31,33-37,47-48,51-52H,4-15,32H2,1-3H3/t36?,37-,47+,48-,51+,52+/m1/s1. The van der Waals surface area contributed by atoms with Gasteiger partial charge in [-0.15, -0.1) is 0 Å². The molecule has 6 atom stereocenters. The summed E-state index contributed by atoms with van der Waals surface area (Å²) in [4.78, 5) is 78.2. The van der Waals surface area contributed by atoms with Gasteiger partial charge in [0, 0.05) is 30.7 Å². The van der Waals surface area contributed by atoms with Crippen molar-refractivity contribution in [1.82, 2.24) is 9.97 Å². The number of halogens is 4. The molecular weight excluding hydrogens is 1220 g/mol. The third-order valence-corrected chi connectivity index (χ3v) is 14.6. The Hall–Kier alpha value is -5.43. The number of esters is 5. The summed E-state index contributed by atoms with van der Waals surface area (Å²) < 4.78 is 45.0. The van der Waals surface area contributed by atoms with Crippen LogP contribution in [0.2, 0.25) is 0 Å². The molecule has 0 aliphatic carbocycles. The number of rotatable bonds is 29. The van der Waals surface area contributed by atoms with Gasteiger partial charge in [0.25, 0.3) is 0 Å². The molecule has 0 aliphatic heterocycles. The third-order valence-electron chi connectivity index (χ3n) is 12.5. The first kappa shape index (κ1) is 58.8. The molecule has 2 heterocycles. The molecule has 6 aromatic rings. The SMILES string of the molecule is CCC(C)CCCCCCCCCCCC(=O)O[C@@H](c1cnco1)c1nc([C@H](C[C@@H](OC(=O)c2ccc(Br)cc2)[C@@H](OC(=O)c2ccc(Br)cc2)[C@@H](C)OC(=O)c2ccc(Br)cc2)OC(=O)c2ccc(Br)cc2)co1. The smallest absolute Gasteiger partial charge is 0.338 e. The number of hydrogen-bond acceptors (Lipinski definition) is 14. The van der Waals surface area contributed by atoms with E-state index in [1.54, 1.807) is 72.8 Å². The van der Waals surface area contributed by atoms with Crippen LogP contribution >= 0.6 is 63.7 Å². The Morgan fingerprint density at radius 2 is 1.00 bits per heavy atom. The number of hydrogen-bond donors (Lipinski definition) is 0. The fourth-order valence-corrected chi connectivity index (χ4v) is 9.01. The minimum atomic E-state index is -1.55. The molecule has 0 N–H and O–H groups in total. The van der Waals surface area contributed by atoms with E-state index in [-0.39, 0.29) is 46.0 Å². The van der Waals surface area contributed by atoms with Crippen LogP contribution in [0.15, 0.2) is 143 Å². The van der Waals surface area contributed by atoms with Gasteiger partial charge in [0.15, 0.2) is 24.4 Å². The van der Waals surface area contributed by atoms with Crippen LogP contribution in [0.3, 0.4) is 0 Å². The topological polar surface area (TPSA) is 184 Å². The fraction of sp³-hybridized carbons (Fsp3) is 0.386. The predicted octanol–water partition coefficient (Wildman–Crippen LogP) is 15.7. The van der Waals surface area contributed by atoms with Crippen LogP contribution in [0.5, 0.6) is 0 Å². The van der Waals surface area contributed by atoms with Gasteiger partial charge in [-0.2, -0.15) is 0 Å². The molecule has 0 saturated heterocycles. The Balaban J connectivity index is 1.28. The predicted molar refractivity (Wildman–Crippen MR) is 294 cm³/mol. The number of oxazole rings is 2. The van der Waals surface area contributed by atoms with Crippen LogP contribution in [0.4, 0.5) is 0 Å². The highest BCUT2D eigenvalue weighted by Crippen LogP contribution is 2.34. The monoisotopic (exact) mass is 1280 g/mol. The Morgan fingerprint density at radius 3 is 1.48 bits per heavy atom. The van der Waals surface area contributed by atoms with Crippen molar-refractivity contribution in [3.8, 4) is 0 Å². The van der Waals surface area contributed by atoms with Crippen molar-refractivity contribution in [2.75, 3.05) is 0 Å². The van der Waals surface area contributed by atoms with Crippen LogP contribution in [0.25, 0.3) is 0 Å². The Morgan fingerprint density at radius 1 is 0.547 bits per heavy atom. The maximum Gasteiger partial charge on any atom is 0.338 e. The maximum absolute atomic E-state index is 14.2. The normalized spacial score (nSPS) is 13.6. The average Bonchev–Trinajstić information content (AvgIpc) is 4.13. The van der Waals surface area contributed by atoms with Gasteiger partial charge in [-0.05, 0) is 116 Å². The van der Waals surface area contributed by atoms with E-state index in [9.17, 15) is 24.0 Å². The molecule has 0 aliphatic rings. The number of carbonyl (C=O) groups excluding carboxylic acids is 5. The number of unbranched alkanes of at least 4 members (excludes halogenated alkanes) is 8. The Labute approximate surface area is 470 Å². The average molecular weight is 1280 g/mol. The van der Waals surface area contributed by atoms with Gasteiger partial charge in [0.05, 0.1) is 28.5 Å².